The first-order valence-electron chi connectivity index (χ1n) is 5.43. The van der Waals surface area contributed by atoms with E-state index in [9.17, 15) is 5.11 Å². The summed E-state index contributed by atoms with van der Waals surface area (Å²) in [6, 6.07) is 6.86. The molecule has 0 unspecified atom stereocenters. The summed E-state index contributed by atoms with van der Waals surface area (Å²) in [5, 5.41) is 17.1. The lowest BCUT2D eigenvalue weighted by Gasteiger charge is -2.10. The molecule has 0 amide bonds. The second-order valence-electron chi connectivity index (χ2n) is 3.83. The Hall–Kier alpha value is -1.50. The average molecular weight is 310 g/mol. The molecule has 2 aromatic heterocycles. The fourth-order valence-electron chi connectivity index (χ4n) is 1.59. The van der Waals surface area contributed by atoms with E-state index < -0.39 is 0 Å². The van der Waals surface area contributed by atoms with Crippen LogP contribution in [0.4, 0.5) is 5.13 Å². The normalized spacial score (nSPS) is 12.2. The highest BCUT2D eigenvalue weighted by molar-refractivity contribution is 7.36. The monoisotopic (exact) mass is 309 g/mol. The second-order valence-corrected chi connectivity index (χ2v) is 6.69. The topological polar surface area (TPSA) is 52.4 Å². The van der Waals surface area contributed by atoms with E-state index in [0.29, 0.717) is 15.7 Å². The predicted molar refractivity (Wildman–Crippen MR) is 75.5 cm³/mol. The third-order valence-electron chi connectivity index (χ3n) is 2.41. The molecule has 3 rings (SSSR count). The van der Waals surface area contributed by atoms with Crippen LogP contribution < -0.4 is 9.62 Å². The minimum absolute atomic E-state index is 0.371. The highest BCUT2D eigenvalue weighted by atomic mass is 35.5. The number of fused-ring (bicyclic) bond motifs is 1. The van der Waals surface area contributed by atoms with Crippen LogP contribution in [0.25, 0.3) is 4.14 Å². The molecule has 0 aliphatic rings. The van der Waals surface area contributed by atoms with E-state index in [0.717, 1.165) is 4.14 Å². The van der Waals surface area contributed by atoms with Crippen LogP contribution in [0.5, 0.6) is 0 Å². The number of rotatable bonds is 2. The van der Waals surface area contributed by atoms with Crippen molar-refractivity contribution in [3.63, 3.8) is 0 Å². The van der Waals surface area contributed by atoms with E-state index in [4.69, 9.17) is 11.6 Å². The molecule has 96 valence electrons. The Kier molecular flexibility index (Phi) is 3.22. The third kappa shape index (κ3) is 2.47. The Morgan fingerprint density at radius 2 is 2.16 bits per heavy atom. The van der Waals surface area contributed by atoms with Gasteiger partial charge in [0, 0.05) is 15.7 Å². The maximum absolute atomic E-state index is 12.0. The van der Waals surface area contributed by atoms with Crippen LogP contribution in [0.2, 0.25) is 5.02 Å². The highest BCUT2D eigenvalue weighted by Crippen LogP contribution is 2.25. The molecule has 2 heterocycles. The number of hydrogen-bond donors (Lipinski definition) is 0. The number of hydrogen-bond acceptors (Lipinski definition) is 5. The van der Waals surface area contributed by atoms with Gasteiger partial charge in [0.15, 0.2) is 0 Å². The number of nitrogens with zero attached hydrogens (tertiary/aromatic N) is 3. The number of thiazole rings is 1. The molecule has 0 atom stereocenters. The summed E-state index contributed by atoms with van der Waals surface area (Å²) in [5.41, 5.74) is 0.393. The first-order valence-corrected chi connectivity index (χ1v) is 7.44. The highest BCUT2D eigenvalue weighted by Gasteiger charge is 2.15. The van der Waals surface area contributed by atoms with E-state index in [1.807, 2.05) is 13.1 Å². The van der Waals surface area contributed by atoms with Gasteiger partial charge in [0.1, 0.15) is 0 Å². The summed E-state index contributed by atoms with van der Waals surface area (Å²) in [5.74, 6) is -0.371. The van der Waals surface area contributed by atoms with E-state index in [-0.39, 0.29) is 5.90 Å². The zero-order valence-electron chi connectivity index (χ0n) is 9.83. The van der Waals surface area contributed by atoms with Gasteiger partial charge >= 0.3 is 4.14 Å². The van der Waals surface area contributed by atoms with Gasteiger partial charge in [0.05, 0.1) is 4.88 Å². The third-order valence-corrected chi connectivity index (χ3v) is 4.75. The molecule has 3 aromatic rings. The lowest BCUT2D eigenvalue weighted by molar-refractivity contribution is -0.571. The van der Waals surface area contributed by atoms with Gasteiger partial charge in [-0.2, -0.15) is 0 Å². The lowest BCUT2D eigenvalue weighted by Crippen LogP contribution is -2.20. The Labute approximate surface area is 122 Å². The standard InChI is InChI=1S/C12H8ClN3OS2/c1-7-6-16-12(18-7)19-11(15-16)14-10(17)8-4-2-3-5-9(8)13/h2-6H,1H3. The molecule has 0 aliphatic carbocycles. The molecule has 0 saturated carbocycles. The van der Waals surface area contributed by atoms with Gasteiger partial charge in [-0.15, -0.1) is 0 Å². The molecule has 0 radical (unpaired) electrons. The predicted octanol–water partition coefficient (Wildman–Crippen LogP) is 2.34. The Bertz CT molecular complexity index is 747. The van der Waals surface area contributed by atoms with Crippen molar-refractivity contribution in [1.82, 2.24) is 5.10 Å². The SMILES string of the molecule is Cc1c[n+]2nc(/N=C(\[O-])c3ccccc3Cl)sc2s1. The van der Waals surface area contributed by atoms with E-state index in [1.54, 1.807) is 40.1 Å². The van der Waals surface area contributed by atoms with Gasteiger partial charge in [-0.1, -0.05) is 41.1 Å². The van der Waals surface area contributed by atoms with E-state index >= 15 is 0 Å². The van der Waals surface area contributed by atoms with Crippen LogP contribution in [0, 0.1) is 6.92 Å². The van der Waals surface area contributed by atoms with Crippen molar-refractivity contribution < 1.29 is 9.62 Å². The molecular formula is C12H8ClN3OS2. The van der Waals surface area contributed by atoms with Crippen molar-refractivity contribution in [2.75, 3.05) is 0 Å². The van der Waals surface area contributed by atoms with Gasteiger partial charge in [-0.05, 0) is 34.7 Å². The molecule has 0 spiro atoms. The zero-order valence-corrected chi connectivity index (χ0v) is 12.2. The molecule has 0 fully saturated rings. The summed E-state index contributed by atoms with van der Waals surface area (Å²) >= 11 is 8.97. The molecule has 1 aromatic carbocycles. The Balaban J connectivity index is 2.00. The molecule has 4 nitrogen and oxygen atoms in total. The molecular weight excluding hydrogens is 302 g/mol. The van der Waals surface area contributed by atoms with Crippen LogP contribution in [0.3, 0.4) is 0 Å². The molecule has 0 aliphatic heterocycles. The first kappa shape index (κ1) is 12.5. The first-order chi connectivity index (χ1) is 9.13. The fraction of sp³-hybridized carbons (Fsp3) is 0.0833. The van der Waals surface area contributed by atoms with Crippen LogP contribution >= 0.6 is 34.3 Å². The van der Waals surface area contributed by atoms with Crippen LogP contribution in [0.15, 0.2) is 35.5 Å². The fourth-order valence-corrected chi connectivity index (χ4v) is 3.81. The Morgan fingerprint density at radius 1 is 1.37 bits per heavy atom. The largest absolute Gasteiger partial charge is 0.858 e. The van der Waals surface area contributed by atoms with Crippen molar-refractivity contribution in [3.05, 3.63) is 45.9 Å². The molecule has 0 N–H and O–H groups in total. The quantitative estimate of drug-likeness (QED) is 0.414. The van der Waals surface area contributed by atoms with Gasteiger partial charge in [0.25, 0.3) is 5.13 Å². The second kappa shape index (κ2) is 4.88. The number of halogens is 1. The van der Waals surface area contributed by atoms with E-state index in [1.165, 1.54) is 16.2 Å². The number of aromatic nitrogens is 2. The van der Waals surface area contributed by atoms with Gasteiger partial charge in [-0.3, -0.25) is 0 Å². The number of aryl methyl sites for hydroxylation is 1. The van der Waals surface area contributed by atoms with Crippen LogP contribution in [-0.2, 0) is 0 Å². The van der Waals surface area contributed by atoms with Gasteiger partial charge in [0.2, 0.25) is 6.20 Å². The van der Waals surface area contributed by atoms with Crippen molar-refractivity contribution in [1.29, 1.82) is 0 Å². The molecule has 0 saturated heterocycles. The maximum Gasteiger partial charge on any atom is 0.354 e. The Morgan fingerprint density at radius 3 is 2.89 bits per heavy atom. The smallest absolute Gasteiger partial charge is 0.354 e. The number of benzene rings is 1. The average Bonchev–Trinajstić information content (AvgIpc) is 2.86. The minimum Gasteiger partial charge on any atom is -0.858 e. The van der Waals surface area contributed by atoms with E-state index in [2.05, 4.69) is 10.1 Å². The molecule has 7 heteroatoms. The summed E-state index contributed by atoms with van der Waals surface area (Å²) in [7, 11) is 0. The zero-order chi connectivity index (χ0) is 13.4. The van der Waals surface area contributed by atoms with Crippen LogP contribution in [0.1, 0.15) is 10.4 Å². The maximum atomic E-state index is 12.0. The summed E-state index contributed by atoms with van der Waals surface area (Å²) in [6.45, 7) is 2.01. The number of aliphatic imine (C=N–C) groups is 1. The van der Waals surface area contributed by atoms with Crippen LogP contribution in [-0.4, -0.2) is 11.0 Å². The van der Waals surface area contributed by atoms with Crippen molar-refractivity contribution in [3.8, 4) is 0 Å². The molecule has 0 bridgehead atoms. The van der Waals surface area contributed by atoms with Crippen molar-refractivity contribution in [2.24, 2.45) is 4.99 Å². The summed E-state index contributed by atoms with van der Waals surface area (Å²) in [6.07, 6.45) is 1.91. The van der Waals surface area contributed by atoms with Gasteiger partial charge < -0.3 is 5.11 Å². The van der Waals surface area contributed by atoms with Gasteiger partial charge in [-0.25, -0.2) is 4.99 Å². The molecule has 19 heavy (non-hydrogen) atoms. The lowest BCUT2D eigenvalue weighted by atomic mass is 10.2. The summed E-state index contributed by atoms with van der Waals surface area (Å²) < 4.78 is 2.74. The van der Waals surface area contributed by atoms with Crippen molar-refractivity contribution in [2.45, 2.75) is 6.92 Å². The summed E-state index contributed by atoms with van der Waals surface area (Å²) in [4.78, 5) is 5.17. The van der Waals surface area contributed by atoms with Crippen molar-refractivity contribution >= 4 is 49.4 Å². The minimum atomic E-state index is -0.371.